The minimum atomic E-state index is -0.786. The van der Waals surface area contributed by atoms with Gasteiger partial charge < -0.3 is 18.8 Å². The summed E-state index contributed by atoms with van der Waals surface area (Å²) >= 11 is 0. The molecule has 11 nitrogen and oxygen atoms in total. The molecule has 1 fully saturated rings. The van der Waals surface area contributed by atoms with E-state index in [-0.39, 0.29) is 11.9 Å². The average Bonchev–Trinajstić information content (AvgIpc) is 3.88. The molecule has 1 saturated heterocycles. The normalized spacial score (nSPS) is 17.5. The number of hydrogen-bond acceptors (Lipinski definition) is 9. The Balaban J connectivity index is 1.15. The van der Waals surface area contributed by atoms with Crippen LogP contribution in [-0.2, 0) is 29.2 Å². The van der Waals surface area contributed by atoms with Gasteiger partial charge in [0.25, 0.3) is 0 Å². The van der Waals surface area contributed by atoms with E-state index in [1.54, 1.807) is 11.8 Å². The lowest BCUT2D eigenvalue weighted by Crippen LogP contribution is -2.38. The highest BCUT2D eigenvalue weighted by Gasteiger charge is 2.40. The number of likely N-dealkylation sites (tertiary alicyclic amines) is 1. The van der Waals surface area contributed by atoms with Crippen LogP contribution in [0.4, 0.5) is 0 Å². The Bertz CT molecular complexity index is 2200. The first-order valence-corrected chi connectivity index (χ1v) is 17.3. The van der Waals surface area contributed by atoms with Crippen molar-refractivity contribution in [3.8, 4) is 40.1 Å². The molecule has 0 spiro atoms. The van der Waals surface area contributed by atoms with E-state index in [4.69, 9.17) is 18.8 Å². The summed E-state index contributed by atoms with van der Waals surface area (Å²) in [7, 11) is 1.95. The number of nitriles is 1. The molecular formula is C40H42N6O5. The second-order valence-electron chi connectivity index (χ2n) is 14.6. The first kappa shape index (κ1) is 34.2. The number of benzene rings is 3. The summed E-state index contributed by atoms with van der Waals surface area (Å²) in [4.78, 5) is 40.2. The molecule has 0 bridgehead atoms. The van der Waals surface area contributed by atoms with Gasteiger partial charge in [0, 0.05) is 30.3 Å². The molecule has 7 rings (SSSR count). The van der Waals surface area contributed by atoms with Crippen LogP contribution in [0.3, 0.4) is 0 Å². The first-order valence-electron chi connectivity index (χ1n) is 17.3. The van der Waals surface area contributed by atoms with Crippen molar-refractivity contribution in [1.29, 1.82) is 5.26 Å². The third-order valence-electron chi connectivity index (χ3n) is 10.6. The predicted octanol–water partition coefficient (Wildman–Crippen LogP) is 6.78. The van der Waals surface area contributed by atoms with Crippen LogP contribution in [0, 0.1) is 30.6 Å². The summed E-state index contributed by atoms with van der Waals surface area (Å²) in [6.45, 7) is 12.9. The Morgan fingerprint density at radius 3 is 2.24 bits per heavy atom. The number of hydrogen-bond donors (Lipinski definition) is 1. The molecule has 5 aromatic rings. The summed E-state index contributed by atoms with van der Waals surface area (Å²) in [6, 6.07) is 18.4. The minimum Gasteiger partial charge on any atom is -0.481 e. The lowest BCUT2D eigenvalue weighted by Gasteiger charge is -2.23. The first-order chi connectivity index (χ1) is 24.3. The van der Waals surface area contributed by atoms with E-state index >= 15 is 0 Å². The molecule has 0 radical (unpaired) electrons. The largest absolute Gasteiger partial charge is 0.481 e. The highest BCUT2D eigenvalue weighted by molar-refractivity contribution is 5.85. The number of aliphatic carboxylic acids is 1. The zero-order valence-corrected chi connectivity index (χ0v) is 29.9. The van der Waals surface area contributed by atoms with Crippen LogP contribution in [0.25, 0.3) is 45.1 Å². The maximum Gasteiger partial charge on any atom is 0.310 e. The summed E-state index contributed by atoms with van der Waals surface area (Å²) in [5, 5.41) is 19.7. The number of carbonyl (C=O) groups is 2. The van der Waals surface area contributed by atoms with Crippen molar-refractivity contribution in [2.45, 2.75) is 66.7 Å². The number of carboxylic acids is 1. The topological polar surface area (TPSA) is 140 Å². The molecule has 4 heterocycles. The van der Waals surface area contributed by atoms with E-state index in [0.717, 1.165) is 50.4 Å². The van der Waals surface area contributed by atoms with Crippen LogP contribution in [0.2, 0.25) is 0 Å². The second kappa shape index (κ2) is 13.1. The minimum absolute atomic E-state index is 0.0601. The number of carbonyl (C=O) groups excluding carboxylic acids is 1. The number of aromatic nitrogens is 2. The Hall–Kier alpha value is -5.31. The van der Waals surface area contributed by atoms with Crippen molar-refractivity contribution in [1.82, 2.24) is 24.7 Å². The fourth-order valence-electron chi connectivity index (χ4n) is 7.15. The van der Waals surface area contributed by atoms with E-state index in [2.05, 4.69) is 43.9 Å². The smallest absolute Gasteiger partial charge is 0.310 e. The van der Waals surface area contributed by atoms with Crippen LogP contribution < -0.4 is 0 Å². The maximum absolute atomic E-state index is 12.9. The van der Waals surface area contributed by atoms with E-state index in [1.807, 2.05) is 55.3 Å². The molecular weight excluding hydrogens is 644 g/mol. The van der Waals surface area contributed by atoms with Gasteiger partial charge in [-0.25, -0.2) is 9.97 Å². The molecule has 3 aromatic carbocycles. The number of amides is 1. The van der Waals surface area contributed by atoms with Crippen LogP contribution in [0.15, 0.2) is 57.4 Å². The highest BCUT2D eigenvalue weighted by Crippen LogP contribution is 2.39. The van der Waals surface area contributed by atoms with Crippen molar-refractivity contribution in [3.63, 3.8) is 0 Å². The number of fused-ring (bicyclic) bond motifs is 2. The monoisotopic (exact) mass is 686 g/mol. The molecule has 2 aliphatic heterocycles. The third kappa shape index (κ3) is 6.30. The zero-order chi connectivity index (χ0) is 36.2. The molecule has 1 unspecified atom stereocenters. The molecule has 262 valence electrons. The van der Waals surface area contributed by atoms with Crippen LogP contribution >= 0.6 is 0 Å². The fourth-order valence-corrected chi connectivity index (χ4v) is 7.15. The zero-order valence-electron chi connectivity index (χ0n) is 29.9. The van der Waals surface area contributed by atoms with Gasteiger partial charge in [0.2, 0.25) is 17.7 Å². The number of nitrogens with zero attached hydrogens (tertiary/aromatic N) is 6. The summed E-state index contributed by atoms with van der Waals surface area (Å²) in [5.41, 5.74) is 8.06. The number of rotatable bonds is 9. The molecule has 1 atom stereocenters. The Morgan fingerprint density at radius 2 is 1.65 bits per heavy atom. The van der Waals surface area contributed by atoms with Gasteiger partial charge >= 0.3 is 5.97 Å². The van der Waals surface area contributed by atoms with E-state index < -0.39 is 11.4 Å². The molecule has 2 aromatic heterocycles. The summed E-state index contributed by atoms with van der Waals surface area (Å²) < 4.78 is 12.5. The highest BCUT2D eigenvalue weighted by atomic mass is 16.4. The van der Waals surface area contributed by atoms with Gasteiger partial charge in [-0.1, -0.05) is 24.3 Å². The van der Waals surface area contributed by atoms with Crippen molar-refractivity contribution in [3.05, 3.63) is 82.2 Å². The number of likely N-dealkylation sites (N-methyl/N-ethyl adjacent to an activating group) is 1. The standard InChI is InChI=1S/C40H42N6O5/c1-23(2)44(6)21-35(47)46-19-33-34(20-46)50-37(43-33)30-11-7-9-28(24(30)3)29-10-8-12-31(25(29)4)38-42-32-16-26(15-27(17-41)36(32)51-38)18-45-14-13-40(5,22-45)39(48)49/h7-12,15-16,23H,13-14,18-22H2,1-6H3,(H,48,49). The SMILES string of the molecule is Cc1c(-c2nc3c(o2)CN(C(=O)CN(C)C(C)C)C3)cccc1-c1cccc(-c2nc3cc(CN4CCC(C)(C(=O)O)C4)cc(C#N)c3o2)c1C. The van der Waals surface area contributed by atoms with Gasteiger partial charge in [-0.05, 0) is 107 Å². The average molecular weight is 687 g/mol. The molecule has 1 amide bonds. The van der Waals surface area contributed by atoms with Crippen molar-refractivity contribution >= 4 is 23.0 Å². The van der Waals surface area contributed by atoms with E-state index in [9.17, 15) is 20.0 Å². The van der Waals surface area contributed by atoms with Gasteiger partial charge in [0.05, 0.1) is 30.6 Å². The lowest BCUT2D eigenvalue weighted by molar-refractivity contribution is -0.147. The van der Waals surface area contributed by atoms with Gasteiger partial charge in [0.1, 0.15) is 23.0 Å². The molecule has 2 aliphatic rings. The molecule has 11 heteroatoms. The second-order valence-corrected chi connectivity index (χ2v) is 14.6. The summed E-state index contributed by atoms with van der Waals surface area (Å²) in [5.74, 6) is 0.967. The van der Waals surface area contributed by atoms with Crippen molar-refractivity contribution in [2.75, 3.05) is 26.7 Å². The fraction of sp³-hybridized carbons (Fsp3) is 0.375. The predicted molar refractivity (Wildman–Crippen MR) is 192 cm³/mol. The van der Waals surface area contributed by atoms with Gasteiger partial charge in [0.15, 0.2) is 5.58 Å². The Morgan fingerprint density at radius 1 is 1.00 bits per heavy atom. The van der Waals surface area contributed by atoms with Crippen molar-refractivity contribution < 1.29 is 23.5 Å². The maximum atomic E-state index is 12.9. The summed E-state index contributed by atoms with van der Waals surface area (Å²) in [6.07, 6.45) is 0.583. The molecule has 51 heavy (non-hydrogen) atoms. The van der Waals surface area contributed by atoms with E-state index in [0.29, 0.717) is 74.1 Å². The van der Waals surface area contributed by atoms with Gasteiger partial charge in [-0.2, -0.15) is 5.26 Å². The lowest BCUT2D eigenvalue weighted by atomic mass is 9.90. The molecule has 0 aliphatic carbocycles. The Kier molecular flexibility index (Phi) is 8.77. The van der Waals surface area contributed by atoms with Crippen molar-refractivity contribution in [2.24, 2.45) is 5.41 Å². The van der Waals surface area contributed by atoms with Crippen LogP contribution in [0.1, 0.15) is 60.9 Å². The Labute approximate surface area is 297 Å². The van der Waals surface area contributed by atoms with E-state index in [1.165, 1.54) is 0 Å². The number of carboxylic acid groups (broad SMARTS) is 1. The van der Waals surface area contributed by atoms with Gasteiger partial charge in [-0.15, -0.1) is 0 Å². The molecule has 1 N–H and O–H groups in total. The van der Waals surface area contributed by atoms with Crippen LogP contribution in [0.5, 0.6) is 0 Å². The number of oxazole rings is 2. The third-order valence-corrected chi connectivity index (χ3v) is 10.6. The quantitative estimate of drug-likeness (QED) is 0.176. The molecule has 0 saturated carbocycles. The van der Waals surface area contributed by atoms with Crippen LogP contribution in [-0.4, -0.2) is 74.4 Å². The van der Waals surface area contributed by atoms with Gasteiger partial charge in [-0.3, -0.25) is 19.4 Å².